The first-order valence-electron chi connectivity index (χ1n) is 7.99. The number of carbonyl (C=O) groups is 1. The molecule has 0 saturated carbocycles. The molecule has 0 spiro atoms. The van der Waals surface area contributed by atoms with Crippen LogP contribution in [0.4, 0.5) is 4.79 Å². The first-order chi connectivity index (χ1) is 13.1. The van der Waals surface area contributed by atoms with Crippen molar-refractivity contribution >= 4 is 64.2 Å². The Morgan fingerprint density at radius 3 is 2.00 bits per heavy atom. The fourth-order valence-corrected chi connectivity index (χ4v) is 8.58. The first kappa shape index (κ1) is 24.2. The summed E-state index contributed by atoms with van der Waals surface area (Å²) in [6, 6.07) is 5.78. The molecule has 9 nitrogen and oxygen atoms in total. The molecule has 2 rings (SSSR count). The van der Waals surface area contributed by atoms with Crippen molar-refractivity contribution in [3.05, 3.63) is 29.8 Å². The van der Waals surface area contributed by atoms with Gasteiger partial charge in [0.25, 0.3) is 5.24 Å². The predicted octanol–water partition coefficient (Wildman–Crippen LogP) is 0.700. The normalized spacial score (nSPS) is 21.4. The van der Waals surface area contributed by atoms with Crippen LogP contribution in [0.5, 0.6) is 0 Å². The molecule has 1 amide bonds. The Kier molecular flexibility index (Phi) is 7.15. The summed E-state index contributed by atoms with van der Waals surface area (Å²) in [7, 11) is -11.0. The van der Waals surface area contributed by atoms with E-state index < -0.39 is 50.6 Å². The zero-order valence-corrected chi connectivity index (χ0v) is 19.8. The number of carbonyl (C=O) groups excluding carboxylic acids is 1. The number of nitrogens with one attached hydrogen (secondary N) is 1. The van der Waals surface area contributed by atoms with E-state index in [0.717, 1.165) is 30.5 Å². The van der Waals surface area contributed by atoms with Gasteiger partial charge in [-0.25, -0.2) is 25.3 Å². The van der Waals surface area contributed by atoms with Gasteiger partial charge in [-0.3, -0.25) is 9.79 Å². The van der Waals surface area contributed by atoms with E-state index in [2.05, 4.69) is 22.9 Å². The second kappa shape index (κ2) is 8.57. The number of thioether (sulfide) groups is 1. The predicted molar refractivity (Wildman–Crippen MR) is 117 cm³/mol. The van der Waals surface area contributed by atoms with Gasteiger partial charge >= 0.3 is 0 Å². The number of hydrogen-bond donors (Lipinski definition) is 2. The van der Waals surface area contributed by atoms with Crippen molar-refractivity contribution in [2.45, 2.75) is 20.8 Å². The van der Waals surface area contributed by atoms with Crippen LogP contribution in [0.3, 0.4) is 0 Å². The summed E-state index contributed by atoms with van der Waals surface area (Å²) in [4.78, 5) is 15.5. The molecule has 3 unspecified atom stereocenters. The molecule has 29 heavy (non-hydrogen) atoms. The molecule has 14 heteroatoms. The van der Waals surface area contributed by atoms with Gasteiger partial charge in [0, 0.05) is 31.2 Å². The van der Waals surface area contributed by atoms with Crippen molar-refractivity contribution in [1.29, 1.82) is 0 Å². The summed E-state index contributed by atoms with van der Waals surface area (Å²) < 4.78 is 70.4. The van der Waals surface area contributed by atoms with Crippen molar-refractivity contribution in [3.8, 4) is 0 Å². The molecule has 0 radical (unpaired) electrons. The lowest BCUT2D eigenvalue weighted by atomic mass is 10.00. The highest BCUT2D eigenvalue weighted by atomic mass is 32.3. The van der Waals surface area contributed by atoms with E-state index in [1.54, 1.807) is 0 Å². The van der Waals surface area contributed by atoms with Crippen molar-refractivity contribution in [2.75, 3.05) is 25.3 Å². The number of nitrogens with zero attached hydrogens (tertiary/aromatic N) is 1. The van der Waals surface area contributed by atoms with Crippen molar-refractivity contribution in [3.63, 3.8) is 0 Å². The molecule has 3 atom stereocenters. The third kappa shape index (κ3) is 6.20. The minimum Gasteiger partial charge on any atom is -0.346 e. The number of aliphatic imine (C=N–C) groups is 1. The molecular weight excluding hydrogens is 481 g/mol. The van der Waals surface area contributed by atoms with Crippen LogP contribution < -0.4 is 5.32 Å². The van der Waals surface area contributed by atoms with Crippen LogP contribution in [-0.4, -0.2) is 70.8 Å². The highest BCUT2D eigenvalue weighted by Crippen LogP contribution is 2.39. The van der Waals surface area contributed by atoms with Gasteiger partial charge in [-0.15, -0.1) is 0 Å². The second-order valence-electron chi connectivity index (χ2n) is 6.58. The van der Waals surface area contributed by atoms with Gasteiger partial charge in [0.2, 0.25) is 0 Å². The standard InChI is InChI=1S/C15H20N2O7S5/c1-27(19,20)10-6-4-9(5-7-10)11(8-16-15(18)25)12-17-13(28(2,21)22)14(26-12)29(3,23)24/h4-7,11,13-14H,8H2,1-3H3,(H2,16,18,25). The molecule has 1 aliphatic rings. The molecule has 1 heterocycles. The van der Waals surface area contributed by atoms with Crippen molar-refractivity contribution in [1.82, 2.24) is 5.32 Å². The Balaban J connectivity index is 2.51. The van der Waals surface area contributed by atoms with Gasteiger partial charge in [-0.1, -0.05) is 36.5 Å². The van der Waals surface area contributed by atoms with E-state index in [-0.39, 0.29) is 16.5 Å². The number of hydrogen-bond acceptors (Lipinski definition) is 9. The first-order valence-corrected chi connectivity index (χ1v) is 15.1. The Bertz CT molecular complexity index is 1140. The molecule has 1 N–H and O–H groups in total. The number of sulfone groups is 3. The largest absolute Gasteiger partial charge is 0.346 e. The van der Waals surface area contributed by atoms with Crippen LogP contribution in [-0.2, 0) is 29.5 Å². The molecule has 0 aliphatic carbocycles. The molecule has 0 aromatic heterocycles. The summed E-state index contributed by atoms with van der Waals surface area (Å²) in [5, 5.41) is 0.596. The lowest BCUT2D eigenvalue weighted by molar-refractivity contribution is 0.261. The van der Waals surface area contributed by atoms with Gasteiger partial charge in [0.15, 0.2) is 34.9 Å². The maximum Gasteiger partial charge on any atom is 0.276 e. The van der Waals surface area contributed by atoms with E-state index in [0.29, 0.717) is 5.56 Å². The molecule has 0 saturated heterocycles. The van der Waals surface area contributed by atoms with Crippen LogP contribution in [0.1, 0.15) is 11.5 Å². The fraction of sp³-hybridized carbons (Fsp3) is 0.467. The molecule has 0 fully saturated rings. The van der Waals surface area contributed by atoms with Gasteiger partial charge in [0.05, 0.1) is 9.94 Å². The summed E-state index contributed by atoms with van der Waals surface area (Å²) in [6.07, 6.45) is 2.91. The Hall–Kier alpha value is -1.09. The highest BCUT2D eigenvalue weighted by Gasteiger charge is 2.45. The summed E-state index contributed by atoms with van der Waals surface area (Å²) in [6.45, 7) is -0.0284. The minimum atomic E-state index is -3.81. The second-order valence-corrected chi connectivity index (χ2v) is 14.8. The summed E-state index contributed by atoms with van der Waals surface area (Å²) in [5.41, 5.74) is 0.534. The van der Waals surface area contributed by atoms with E-state index >= 15 is 0 Å². The Morgan fingerprint density at radius 1 is 1.07 bits per heavy atom. The monoisotopic (exact) mass is 500 g/mol. The highest BCUT2D eigenvalue weighted by molar-refractivity contribution is 8.24. The zero-order valence-electron chi connectivity index (χ0n) is 15.6. The van der Waals surface area contributed by atoms with Crippen LogP contribution >= 0.6 is 24.4 Å². The van der Waals surface area contributed by atoms with E-state index in [4.69, 9.17) is 0 Å². The molecule has 1 aliphatic heterocycles. The van der Waals surface area contributed by atoms with Crippen LogP contribution in [0, 0.1) is 0 Å². The zero-order chi connectivity index (χ0) is 22.2. The van der Waals surface area contributed by atoms with Crippen LogP contribution in [0.15, 0.2) is 34.2 Å². The van der Waals surface area contributed by atoms with Gasteiger partial charge in [0.1, 0.15) is 4.58 Å². The van der Waals surface area contributed by atoms with E-state index in [1.807, 2.05) is 0 Å². The Morgan fingerprint density at radius 2 is 1.62 bits per heavy atom. The quantitative estimate of drug-likeness (QED) is 0.521. The van der Waals surface area contributed by atoms with Crippen LogP contribution in [0.2, 0.25) is 0 Å². The molecular formula is C15H20N2O7S5. The third-order valence-corrected chi connectivity index (χ3v) is 10.5. The fourth-order valence-electron chi connectivity index (χ4n) is 2.65. The average Bonchev–Trinajstić information content (AvgIpc) is 3.00. The lowest BCUT2D eigenvalue weighted by Crippen LogP contribution is -2.32. The lowest BCUT2D eigenvalue weighted by Gasteiger charge is -2.18. The number of amides is 1. The topological polar surface area (TPSA) is 144 Å². The van der Waals surface area contributed by atoms with E-state index in [9.17, 15) is 30.0 Å². The van der Waals surface area contributed by atoms with Gasteiger partial charge in [-0.2, -0.15) is 0 Å². The van der Waals surface area contributed by atoms with E-state index in [1.165, 1.54) is 24.3 Å². The summed E-state index contributed by atoms with van der Waals surface area (Å²) >= 11 is 4.45. The maximum absolute atomic E-state index is 12.1. The smallest absolute Gasteiger partial charge is 0.276 e. The third-order valence-electron chi connectivity index (χ3n) is 4.05. The van der Waals surface area contributed by atoms with Crippen molar-refractivity contribution < 1.29 is 30.0 Å². The Labute approximate surface area is 179 Å². The molecule has 1 aromatic carbocycles. The summed E-state index contributed by atoms with van der Waals surface area (Å²) in [5.74, 6) is -0.680. The molecule has 1 aromatic rings. The molecule has 162 valence electrons. The van der Waals surface area contributed by atoms with Crippen molar-refractivity contribution in [2.24, 2.45) is 4.99 Å². The number of rotatable bonds is 7. The minimum absolute atomic E-state index is 0.0284. The van der Waals surface area contributed by atoms with Gasteiger partial charge in [-0.05, 0) is 17.7 Å². The molecule has 0 bridgehead atoms. The van der Waals surface area contributed by atoms with Gasteiger partial charge < -0.3 is 5.32 Å². The SMILES string of the molecule is CS(=O)(=O)c1ccc(C(CNC(=O)S)C2=NC(S(C)(=O)=O)C(S(C)(=O)=O)S2)cc1. The maximum atomic E-state index is 12.1. The number of thiol groups is 1. The number of benzene rings is 1. The average molecular weight is 501 g/mol. The van der Waals surface area contributed by atoms with Crippen LogP contribution in [0.25, 0.3) is 0 Å².